The van der Waals surface area contributed by atoms with Gasteiger partial charge in [0.15, 0.2) is 5.82 Å². The van der Waals surface area contributed by atoms with Crippen LogP contribution in [-0.4, -0.2) is 23.2 Å². The van der Waals surface area contributed by atoms with E-state index < -0.39 is 0 Å². The molecule has 2 aromatic rings. The molecule has 2 rings (SSSR count). The van der Waals surface area contributed by atoms with Crippen LogP contribution in [0.2, 0.25) is 0 Å². The number of benzene rings is 1. The van der Waals surface area contributed by atoms with Crippen LogP contribution in [0.15, 0.2) is 36.4 Å². The molecular formula is C16H21N3O2. The smallest absolute Gasteiger partial charge is 0.218 e. The average molecular weight is 287 g/mol. The van der Waals surface area contributed by atoms with Gasteiger partial charge < -0.3 is 15.2 Å². The number of aryl methyl sites for hydroxylation is 1. The zero-order chi connectivity index (χ0) is 14.9. The first-order chi connectivity index (χ1) is 10.3. The second-order valence-electron chi connectivity index (χ2n) is 4.62. The van der Waals surface area contributed by atoms with Gasteiger partial charge in [0, 0.05) is 12.7 Å². The molecule has 0 radical (unpaired) electrons. The van der Waals surface area contributed by atoms with E-state index in [4.69, 9.17) is 15.2 Å². The third-order valence-electron chi connectivity index (χ3n) is 2.91. The summed E-state index contributed by atoms with van der Waals surface area (Å²) in [6.45, 7) is 3.49. The van der Waals surface area contributed by atoms with Crippen molar-refractivity contribution in [2.75, 3.05) is 18.9 Å². The van der Waals surface area contributed by atoms with E-state index in [1.807, 2.05) is 25.1 Å². The van der Waals surface area contributed by atoms with Gasteiger partial charge in [-0.3, -0.25) is 0 Å². The van der Waals surface area contributed by atoms with E-state index in [1.165, 1.54) is 5.56 Å². The van der Waals surface area contributed by atoms with Crippen LogP contribution >= 0.6 is 0 Å². The molecule has 1 aromatic heterocycles. The summed E-state index contributed by atoms with van der Waals surface area (Å²) >= 11 is 0. The molecule has 1 heterocycles. The number of hydrogen-bond donors (Lipinski definition) is 1. The second kappa shape index (κ2) is 8.21. The summed E-state index contributed by atoms with van der Waals surface area (Å²) in [6, 6.07) is 12.0. The van der Waals surface area contributed by atoms with E-state index in [2.05, 4.69) is 22.1 Å². The molecule has 2 N–H and O–H groups in total. The minimum absolute atomic E-state index is 0.349. The Balaban J connectivity index is 1.81. The Kier molecular flexibility index (Phi) is 5.97. The molecule has 0 fully saturated rings. The average Bonchev–Trinajstić information content (AvgIpc) is 2.50. The Labute approximate surface area is 125 Å². The molecule has 0 unspecified atom stereocenters. The first-order valence-electron chi connectivity index (χ1n) is 7.16. The predicted octanol–water partition coefficient (Wildman–Crippen LogP) is 2.61. The van der Waals surface area contributed by atoms with Crippen molar-refractivity contribution in [1.82, 2.24) is 9.97 Å². The topological polar surface area (TPSA) is 70.3 Å². The first-order valence-corrected chi connectivity index (χ1v) is 7.16. The SMILES string of the molecule is CCOCc1nc(N)cc(OCCCc2ccccc2)n1. The number of nitrogens with zero attached hydrogens (tertiary/aromatic N) is 2. The van der Waals surface area contributed by atoms with E-state index in [0.717, 1.165) is 12.8 Å². The molecule has 0 bridgehead atoms. The molecule has 112 valence electrons. The standard InChI is InChI=1S/C16H21N3O2/c1-2-20-12-15-18-14(17)11-16(19-15)21-10-6-9-13-7-4-3-5-8-13/h3-5,7-8,11H,2,6,9-10,12H2,1H3,(H2,17,18,19). The van der Waals surface area contributed by atoms with E-state index in [-0.39, 0.29) is 0 Å². The number of rotatable bonds is 8. The Bertz CT molecular complexity index is 546. The number of nitrogens with two attached hydrogens (primary N) is 1. The largest absolute Gasteiger partial charge is 0.478 e. The molecule has 1 aromatic carbocycles. The zero-order valence-electron chi connectivity index (χ0n) is 12.3. The van der Waals surface area contributed by atoms with E-state index in [0.29, 0.717) is 37.3 Å². The molecular weight excluding hydrogens is 266 g/mol. The van der Waals surface area contributed by atoms with Crippen LogP contribution < -0.4 is 10.5 Å². The van der Waals surface area contributed by atoms with Gasteiger partial charge in [0.1, 0.15) is 12.4 Å². The molecule has 0 amide bonds. The maximum absolute atomic E-state index is 5.74. The van der Waals surface area contributed by atoms with Crippen LogP contribution in [-0.2, 0) is 17.8 Å². The molecule has 0 atom stereocenters. The molecule has 0 spiro atoms. The number of anilines is 1. The quantitative estimate of drug-likeness (QED) is 0.756. The van der Waals surface area contributed by atoms with Crippen molar-refractivity contribution in [2.45, 2.75) is 26.4 Å². The molecule has 0 saturated carbocycles. The van der Waals surface area contributed by atoms with Crippen molar-refractivity contribution < 1.29 is 9.47 Å². The van der Waals surface area contributed by atoms with Crippen molar-refractivity contribution in [3.63, 3.8) is 0 Å². The van der Waals surface area contributed by atoms with Gasteiger partial charge in [0.2, 0.25) is 5.88 Å². The van der Waals surface area contributed by atoms with Crippen molar-refractivity contribution >= 4 is 5.82 Å². The summed E-state index contributed by atoms with van der Waals surface area (Å²) in [5.41, 5.74) is 7.05. The lowest BCUT2D eigenvalue weighted by Crippen LogP contribution is -2.06. The molecule has 0 saturated heterocycles. The van der Waals surface area contributed by atoms with E-state index >= 15 is 0 Å². The summed E-state index contributed by atoms with van der Waals surface area (Å²) in [4.78, 5) is 8.39. The lowest BCUT2D eigenvalue weighted by atomic mass is 10.1. The minimum atomic E-state index is 0.349. The summed E-state index contributed by atoms with van der Waals surface area (Å²) in [7, 11) is 0. The normalized spacial score (nSPS) is 10.5. The van der Waals surface area contributed by atoms with Gasteiger partial charge in [-0.1, -0.05) is 30.3 Å². The Morgan fingerprint density at radius 2 is 1.95 bits per heavy atom. The van der Waals surface area contributed by atoms with Crippen molar-refractivity contribution in [1.29, 1.82) is 0 Å². The highest BCUT2D eigenvalue weighted by molar-refractivity contribution is 5.32. The number of nitrogen functional groups attached to an aromatic ring is 1. The molecule has 0 aliphatic carbocycles. The second-order valence-corrected chi connectivity index (χ2v) is 4.62. The van der Waals surface area contributed by atoms with Gasteiger partial charge >= 0.3 is 0 Å². The van der Waals surface area contributed by atoms with Crippen LogP contribution in [0.1, 0.15) is 24.7 Å². The predicted molar refractivity (Wildman–Crippen MR) is 82.0 cm³/mol. The summed E-state index contributed by atoms with van der Waals surface area (Å²) in [6.07, 6.45) is 1.90. The highest BCUT2D eigenvalue weighted by Crippen LogP contribution is 2.12. The van der Waals surface area contributed by atoms with Crippen LogP contribution in [0.5, 0.6) is 5.88 Å². The van der Waals surface area contributed by atoms with Gasteiger partial charge in [-0.15, -0.1) is 0 Å². The van der Waals surface area contributed by atoms with Gasteiger partial charge in [-0.2, -0.15) is 4.98 Å². The highest BCUT2D eigenvalue weighted by Gasteiger charge is 2.04. The van der Waals surface area contributed by atoms with Crippen LogP contribution in [0, 0.1) is 0 Å². The van der Waals surface area contributed by atoms with Gasteiger partial charge in [-0.05, 0) is 25.3 Å². The fraction of sp³-hybridized carbons (Fsp3) is 0.375. The first kappa shape index (κ1) is 15.3. The molecule has 5 nitrogen and oxygen atoms in total. The number of aromatic nitrogens is 2. The lowest BCUT2D eigenvalue weighted by Gasteiger charge is -2.08. The number of ether oxygens (including phenoxy) is 2. The summed E-state index contributed by atoms with van der Waals surface area (Å²) in [5, 5.41) is 0. The maximum atomic E-state index is 5.74. The van der Waals surface area contributed by atoms with Crippen LogP contribution in [0.4, 0.5) is 5.82 Å². The zero-order valence-corrected chi connectivity index (χ0v) is 12.3. The Morgan fingerprint density at radius 3 is 2.71 bits per heavy atom. The maximum Gasteiger partial charge on any atom is 0.218 e. The van der Waals surface area contributed by atoms with Gasteiger partial charge in [0.05, 0.1) is 6.61 Å². The van der Waals surface area contributed by atoms with Gasteiger partial charge in [0.25, 0.3) is 0 Å². The van der Waals surface area contributed by atoms with Gasteiger partial charge in [-0.25, -0.2) is 4.98 Å². The third-order valence-corrected chi connectivity index (χ3v) is 2.91. The third kappa shape index (κ3) is 5.39. The lowest BCUT2D eigenvalue weighted by molar-refractivity contribution is 0.127. The van der Waals surface area contributed by atoms with Crippen LogP contribution in [0.3, 0.4) is 0 Å². The van der Waals surface area contributed by atoms with Crippen LogP contribution in [0.25, 0.3) is 0 Å². The summed E-state index contributed by atoms with van der Waals surface area (Å²) in [5.74, 6) is 1.46. The molecule has 21 heavy (non-hydrogen) atoms. The van der Waals surface area contributed by atoms with Crippen molar-refractivity contribution in [2.24, 2.45) is 0 Å². The molecule has 0 aliphatic rings. The molecule has 0 aliphatic heterocycles. The fourth-order valence-electron chi connectivity index (χ4n) is 1.92. The van der Waals surface area contributed by atoms with Crippen molar-refractivity contribution in [3.8, 4) is 5.88 Å². The number of hydrogen-bond acceptors (Lipinski definition) is 5. The highest BCUT2D eigenvalue weighted by atomic mass is 16.5. The minimum Gasteiger partial charge on any atom is -0.478 e. The van der Waals surface area contributed by atoms with E-state index in [1.54, 1.807) is 6.07 Å². The Hall–Kier alpha value is -2.14. The monoisotopic (exact) mass is 287 g/mol. The summed E-state index contributed by atoms with van der Waals surface area (Å²) < 4.78 is 10.9. The fourth-order valence-corrected chi connectivity index (χ4v) is 1.92. The van der Waals surface area contributed by atoms with Crippen molar-refractivity contribution in [3.05, 3.63) is 47.8 Å². The molecule has 5 heteroatoms. The van der Waals surface area contributed by atoms with E-state index in [9.17, 15) is 0 Å². The Morgan fingerprint density at radius 1 is 1.14 bits per heavy atom.